The predicted octanol–water partition coefficient (Wildman–Crippen LogP) is 10.8. The summed E-state index contributed by atoms with van der Waals surface area (Å²) in [6, 6.07) is 57.8. The van der Waals surface area contributed by atoms with Crippen molar-refractivity contribution < 1.29 is 0 Å². The van der Waals surface area contributed by atoms with Crippen LogP contribution in [0.1, 0.15) is 18.5 Å². The molecule has 0 amide bonds. The van der Waals surface area contributed by atoms with Crippen LogP contribution in [0.5, 0.6) is 0 Å². The van der Waals surface area contributed by atoms with Gasteiger partial charge in [-0.15, -0.1) is 0 Å². The monoisotopic (exact) mass is 688 g/mol. The van der Waals surface area contributed by atoms with Crippen LogP contribution in [-0.2, 0) is 0 Å². The molecule has 0 fully saturated rings. The van der Waals surface area contributed by atoms with Crippen molar-refractivity contribution in [1.82, 2.24) is 19.9 Å². The maximum absolute atomic E-state index is 5.29. The van der Waals surface area contributed by atoms with E-state index in [-0.39, 0.29) is 0 Å². The molecule has 6 aromatic carbocycles. The van der Waals surface area contributed by atoms with Gasteiger partial charge in [-0.1, -0.05) is 140 Å². The van der Waals surface area contributed by atoms with Gasteiger partial charge in [0.25, 0.3) is 0 Å². The average molecular weight is 689 g/mol. The summed E-state index contributed by atoms with van der Waals surface area (Å²) in [7, 11) is 0. The van der Waals surface area contributed by atoms with Crippen molar-refractivity contribution in [3.8, 4) is 33.8 Å². The van der Waals surface area contributed by atoms with Gasteiger partial charge in [0.15, 0.2) is 0 Å². The fraction of sp³-hybridized carbons (Fsp3) is 0.0400. The van der Waals surface area contributed by atoms with Crippen molar-refractivity contribution in [3.63, 3.8) is 0 Å². The maximum Gasteiger partial charge on any atom is 0.0972 e. The van der Waals surface area contributed by atoms with Gasteiger partial charge in [0.1, 0.15) is 0 Å². The smallest absolute Gasteiger partial charge is 0.0972 e. The number of hydrogen-bond donors (Lipinski definition) is 0. The van der Waals surface area contributed by atoms with Gasteiger partial charge >= 0.3 is 0 Å². The van der Waals surface area contributed by atoms with Gasteiger partial charge in [-0.25, -0.2) is 19.9 Å². The van der Waals surface area contributed by atoms with Crippen LogP contribution in [0.15, 0.2) is 164 Å². The summed E-state index contributed by atoms with van der Waals surface area (Å²) in [5.74, 6) is 0. The number of nitrogens with zero attached hydrogens (tertiary/aromatic N) is 4. The van der Waals surface area contributed by atoms with Crippen LogP contribution >= 0.6 is 0 Å². The Kier molecular flexibility index (Phi) is 6.96. The molecule has 0 saturated carbocycles. The minimum Gasteiger partial charge on any atom is -0.246 e. The molecule has 0 saturated heterocycles. The molecule has 1 aliphatic carbocycles. The Bertz CT molecular complexity index is 3290. The molecule has 54 heavy (non-hydrogen) atoms. The van der Waals surface area contributed by atoms with Crippen LogP contribution in [0.3, 0.4) is 0 Å². The third-order valence-corrected chi connectivity index (χ3v) is 10.9. The standard InChI is InChI=1S/C50H32N4/c1-3-14-39-31(8-1)10-6-16-41(39)45-28-24-35-20-18-33-22-26-43(51-47(33)49(35)53-45)37-12-5-13-38(30-37)44-27-23-34-19-21-36-25-29-46(54-50(36)48(34)52-44)42-17-7-11-32-9-2-4-15-40(32)42/h1-6,8-16,18-30H,7,17H2. The lowest BCUT2D eigenvalue weighted by atomic mass is 9.96. The van der Waals surface area contributed by atoms with Gasteiger partial charge < -0.3 is 0 Å². The number of aromatic nitrogens is 4. The van der Waals surface area contributed by atoms with E-state index in [1.807, 2.05) is 0 Å². The molecule has 0 N–H and O–H groups in total. The molecule has 0 aliphatic heterocycles. The van der Waals surface area contributed by atoms with Gasteiger partial charge in [0.05, 0.1) is 44.8 Å². The van der Waals surface area contributed by atoms with E-state index in [1.54, 1.807) is 0 Å². The zero-order chi connectivity index (χ0) is 35.6. The van der Waals surface area contributed by atoms with Crippen molar-refractivity contribution in [2.45, 2.75) is 12.8 Å². The first-order chi connectivity index (χ1) is 26.7. The number of rotatable bonds is 4. The summed E-state index contributed by atoms with van der Waals surface area (Å²) in [5, 5.41) is 9.25. The Morgan fingerprint density at radius 2 is 0.870 bits per heavy atom. The van der Waals surface area contributed by atoms with E-state index >= 15 is 0 Å². The third kappa shape index (κ3) is 5.07. The minimum atomic E-state index is 0.894. The first-order valence-electron chi connectivity index (χ1n) is 18.5. The molecular formula is C50H32N4. The maximum atomic E-state index is 5.29. The first kappa shape index (κ1) is 30.6. The normalized spacial score (nSPS) is 12.8. The summed E-state index contributed by atoms with van der Waals surface area (Å²) in [6.45, 7) is 0. The predicted molar refractivity (Wildman–Crippen MR) is 223 cm³/mol. The summed E-state index contributed by atoms with van der Waals surface area (Å²) < 4.78 is 0. The molecule has 0 atom stereocenters. The highest BCUT2D eigenvalue weighted by molar-refractivity contribution is 6.06. The van der Waals surface area contributed by atoms with E-state index in [4.69, 9.17) is 19.9 Å². The van der Waals surface area contributed by atoms with Gasteiger partial charge in [0, 0.05) is 38.2 Å². The minimum absolute atomic E-state index is 0.894. The van der Waals surface area contributed by atoms with Crippen LogP contribution in [0, 0.1) is 0 Å². The summed E-state index contributed by atoms with van der Waals surface area (Å²) in [5.41, 5.74) is 11.9. The first-order valence-corrected chi connectivity index (χ1v) is 18.5. The second-order valence-electron chi connectivity index (χ2n) is 14.1. The molecule has 4 nitrogen and oxygen atoms in total. The van der Waals surface area contributed by atoms with Crippen LogP contribution in [0.25, 0.3) is 99.8 Å². The molecule has 1 aliphatic rings. The van der Waals surface area contributed by atoms with Crippen LogP contribution in [0.4, 0.5) is 0 Å². The molecule has 252 valence electrons. The Labute approximate surface area is 311 Å². The van der Waals surface area contributed by atoms with Crippen LogP contribution in [-0.4, -0.2) is 19.9 Å². The highest BCUT2D eigenvalue weighted by Crippen LogP contribution is 2.33. The molecule has 0 unspecified atom stereocenters. The molecule has 4 aromatic heterocycles. The van der Waals surface area contributed by atoms with Crippen LogP contribution < -0.4 is 10.4 Å². The molecule has 0 bridgehead atoms. The fourth-order valence-electron chi connectivity index (χ4n) is 8.18. The zero-order valence-corrected chi connectivity index (χ0v) is 29.4. The Morgan fingerprint density at radius 1 is 0.370 bits per heavy atom. The largest absolute Gasteiger partial charge is 0.246 e. The summed E-state index contributed by atoms with van der Waals surface area (Å²) in [6.07, 6.45) is 4.32. The highest BCUT2D eigenvalue weighted by atomic mass is 14.8. The summed E-state index contributed by atoms with van der Waals surface area (Å²) >= 11 is 0. The van der Waals surface area contributed by atoms with Gasteiger partial charge in [-0.2, -0.15) is 0 Å². The second kappa shape index (κ2) is 12.3. The topological polar surface area (TPSA) is 51.6 Å². The lowest BCUT2D eigenvalue weighted by Crippen LogP contribution is -2.29. The van der Waals surface area contributed by atoms with Gasteiger partial charge in [-0.3, -0.25) is 0 Å². The SMILES string of the molecule is C1=c2ccccc2=C(c2ccc3ccc4ccc(-c5cccc(-c6ccc7ccc8ccc(-c9cccc%10ccccc9%10)nc8c7n6)c5)nc4c3n2)CC1. The van der Waals surface area contributed by atoms with Crippen molar-refractivity contribution in [2.24, 2.45) is 0 Å². The van der Waals surface area contributed by atoms with Crippen molar-refractivity contribution in [1.29, 1.82) is 0 Å². The zero-order valence-electron chi connectivity index (χ0n) is 29.4. The third-order valence-electron chi connectivity index (χ3n) is 10.9. The number of benzene rings is 6. The Morgan fingerprint density at radius 3 is 1.56 bits per heavy atom. The lowest BCUT2D eigenvalue weighted by molar-refractivity contribution is 1.06. The van der Waals surface area contributed by atoms with E-state index in [1.165, 1.54) is 26.8 Å². The van der Waals surface area contributed by atoms with E-state index in [0.29, 0.717) is 0 Å². The molecular weight excluding hydrogens is 657 g/mol. The highest BCUT2D eigenvalue weighted by Gasteiger charge is 2.14. The Balaban J connectivity index is 1.01. The van der Waals surface area contributed by atoms with E-state index in [9.17, 15) is 0 Å². The fourth-order valence-corrected chi connectivity index (χ4v) is 8.18. The molecule has 10 aromatic rings. The number of pyridine rings is 4. The second-order valence-corrected chi connectivity index (χ2v) is 14.1. The molecule has 0 spiro atoms. The molecule has 11 rings (SSSR count). The number of fused-ring (bicyclic) bond motifs is 8. The Hall–Kier alpha value is -7.04. The van der Waals surface area contributed by atoms with Crippen molar-refractivity contribution in [2.75, 3.05) is 0 Å². The van der Waals surface area contributed by atoms with Crippen LogP contribution in [0.2, 0.25) is 0 Å². The van der Waals surface area contributed by atoms with Crippen molar-refractivity contribution in [3.05, 3.63) is 180 Å². The molecule has 0 radical (unpaired) electrons. The quantitative estimate of drug-likeness (QED) is 0.173. The summed E-state index contributed by atoms with van der Waals surface area (Å²) in [4.78, 5) is 21.1. The van der Waals surface area contributed by atoms with E-state index in [0.717, 1.165) is 95.9 Å². The van der Waals surface area contributed by atoms with E-state index in [2.05, 4.69) is 170 Å². The lowest BCUT2D eigenvalue weighted by Gasteiger charge is -2.13. The van der Waals surface area contributed by atoms with E-state index < -0.39 is 0 Å². The van der Waals surface area contributed by atoms with Gasteiger partial charge in [0.2, 0.25) is 0 Å². The number of hydrogen-bond acceptors (Lipinski definition) is 4. The van der Waals surface area contributed by atoms with Gasteiger partial charge in [-0.05, 0) is 70.0 Å². The average Bonchev–Trinajstić information content (AvgIpc) is 3.25. The van der Waals surface area contributed by atoms with Crippen molar-refractivity contribution >= 4 is 66.0 Å². The molecule has 4 heterocycles. The molecule has 4 heteroatoms.